The van der Waals surface area contributed by atoms with E-state index in [2.05, 4.69) is 31.1 Å². The second-order valence-corrected chi connectivity index (χ2v) is 5.88. The Hall–Kier alpha value is -3.53. The first-order valence-electron chi connectivity index (χ1n) is 8.04. The summed E-state index contributed by atoms with van der Waals surface area (Å²) in [6, 6.07) is 16.8. The van der Waals surface area contributed by atoms with Crippen molar-refractivity contribution in [2.75, 3.05) is 5.32 Å². The van der Waals surface area contributed by atoms with Crippen LogP contribution in [0.3, 0.4) is 0 Å². The van der Waals surface area contributed by atoms with Crippen LogP contribution in [0.4, 0.5) is 14.5 Å². The Kier molecular flexibility index (Phi) is 6.12. The highest BCUT2D eigenvalue weighted by molar-refractivity contribution is 7.80. The summed E-state index contributed by atoms with van der Waals surface area (Å²) in [5, 5.41) is 9.67. The number of benzene rings is 2. The number of hydrazine groups is 1. The summed E-state index contributed by atoms with van der Waals surface area (Å²) in [5.41, 5.74) is 7.28. The fourth-order valence-electron chi connectivity index (χ4n) is 2.26. The first-order chi connectivity index (χ1) is 13.5. The molecule has 0 atom stereocenters. The normalized spacial score (nSPS) is 10.4. The minimum absolute atomic E-state index is 0.0289. The molecule has 0 aliphatic heterocycles. The number of anilines is 1. The van der Waals surface area contributed by atoms with Crippen LogP contribution in [0.25, 0.3) is 11.3 Å². The largest absolute Gasteiger partial charge is 0.435 e. The molecule has 1 amide bonds. The monoisotopic (exact) mass is 403 g/mol. The van der Waals surface area contributed by atoms with E-state index < -0.39 is 12.5 Å². The van der Waals surface area contributed by atoms with Crippen molar-refractivity contribution in [1.29, 1.82) is 0 Å². The molecule has 0 fully saturated rings. The number of H-pyrrole nitrogens is 1. The maximum atomic E-state index is 12.2. The SMILES string of the molecule is O=C(NNC(=S)Nc1ccc(OC(F)F)cc1)c1cc(-c2ccccc2)n[nH]1. The van der Waals surface area contributed by atoms with E-state index in [1.165, 1.54) is 24.3 Å². The molecule has 0 spiro atoms. The standard InChI is InChI=1S/C18H15F2N5O2S/c19-17(20)27-13-8-6-12(7-9-13)21-18(28)25-24-16(26)15-10-14(22-23-15)11-4-2-1-3-5-11/h1-10,17H,(H,22,23)(H,24,26)(H2,21,25,28). The number of aromatic nitrogens is 2. The number of alkyl halides is 2. The Morgan fingerprint density at radius 2 is 1.79 bits per heavy atom. The van der Waals surface area contributed by atoms with E-state index in [1.54, 1.807) is 6.07 Å². The average Bonchev–Trinajstić information content (AvgIpc) is 3.18. The molecule has 1 aromatic heterocycles. The topological polar surface area (TPSA) is 91.1 Å². The number of nitrogens with one attached hydrogen (secondary N) is 4. The van der Waals surface area contributed by atoms with Gasteiger partial charge in [0.2, 0.25) is 0 Å². The van der Waals surface area contributed by atoms with Crippen molar-refractivity contribution < 1.29 is 18.3 Å². The van der Waals surface area contributed by atoms with Crippen LogP contribution in [0.2, 0.25) is 0 Å². The molecule has 144 valence electrons. The summed E-state index contributed by atoms with van der Waals surface area (Å²) in [5.74, 6) is -0.430. The molecule has 0 unspecified atom stereocenters. The lowest BCUT2D eigenvalue weighted by Gasteiger charge is -2.11. The lowest BCUT2D eigenvalue weighted by molar-refractivity contribution is -0.0498. The molecule has 4 N–H and O–H groups in total. The Balaban J connectivity index is 1.50. The third-order valence-electron chi connectivity index (χ3n) is 3.52. The van der Waals surface area contributed by atoms with Gasteiger partial charge in [0.15, 0.2) is 5.11 Å². The first kappa shape index (κ1) is 19.2. The van der Waals surface area contributed by atoms with Crippen molar-refractivity contribution in [3.8, 4) is 17.0 Å². The van der Waals surface area contributed by atoms with Gasteiger partial charge in [-0.15, -0.1) is 0 Å². The van der Waals surface area contributed by atoms with Gasteiger partial charge in [0.25, 0.3) is 5.91 Å². The van der Waals surface area contributed by atoms with Crippen LogP contribution in [0.15, 0.2) is 60.7 Å². The third-order valence-corrected chi connectivity index (χ3v) is 3.72. The maximum Gasteiger partial charge on any atom is 0.387 e. The highest BCUT2D eigenvalue weighted by Gasteiger charge is 2.11. The van der Waals surface area contributed by atoms with E-state index in [0.717, 1.165) is 5.56 Å². The van der Waals surface area contributed by atoms with Crippen molar-refractivity contribution in [2.24, 2.45) is 0 Å². The molecular weight excluding hydrogens is 388 g/mol. The van der Waals surface area contributed by atoms with Crippen LogP contribution in [-0.2, 0) is 0 Å². The van der Waals surface area contributed by atoms with Gasteiger partial charge < -0.3 is 10.1 Å². The fourth-order valence-corrected chi connectivity index (χ4v) is 2.43. The Morgan fingerprint density at radius 1 is 1.07 bits per heavy atom. The van der Waals surface area contributed by atoms with Gasteiger partial charge in [0.05, 0.1) is 5.69 Å². The summed E-state index contributed by atoms with van der Waals surface area (Å²) in [6.07, 6.45) is 0. The Morgan fingerprint density at radius 3 is 2.46 bits per heavy atom. The maximum absolute atomic E-state index is 12.2. The van der Waals surface area contributed by atoms with Gasteiger partial charge in [-0.25, -0.2) is 0 Å². The van der Waals surface area contributed by atoms with Crippen molar-refractivity contribution in [1.82, 2.24) is 21.0 Å². The molecule has 3 rings (SSSR count). The number of aromatic amines is 1. The van der Waals surface area contributed by atoms with Crippen molar-refractivity contribution in [3.05, 3.63) is 66.4 Å². The minimum atomic E-state index is -2.89. The summed E-state index contributed by atoms with van der Waals surface area (Å²) in [7, 11) is 0. The van der Waals surface area contributed by atoms with Gasteiger partial charge in [0, 0.05) is 11.3 Å². The molecule has 0 saturated heterocycles. The second-order valence-electron chi connectivity index (χ2n) is 5.47. The van der Waals surface area contributed by atoms with Crippen LogP contribution in [-0.4, -0.2) is 27.8 Å². The van der Waals surface area contributed by atoms with E-state index in [9.17, 15) is 13.6 Å². The number of amides is 1. The van der Waals surface area contributed by atoms with Gasteiger partial charge in [-0.05, 0) is 42.5 Å². The van der Waals surface area contributed by atoms with Crippen molar-refractivity contribution in [3.63, 3.8) is 0 Å². The predicted molar refractivity (Wildman–Crippen MR) is 104 cm³/mol. The molecule has 0 aliphatic rings. The summed E-state index contributed by atoms with van der Waals surface area (Å²) in [6.45, 7) is -2.89. The number of hydrogen-bond acceptors (Lipinski definition) is 4. The molecule has 28 heavy (non-hydrogen) atoms. The zero-order valence-corrected chi connectivity index (χ0v) is 15.1. The Labute approximate surface area is 164 Å². The average molecular weight is 403 g/mol. The lowest BCUT2D eigenvalue weighted by atomic mass is 10.1. The highest BCUT2D eigenvalue weighted by Crippen LogP contribution is 2.18. The van der Waals surface area contributed by atoms with Gasteiger partial charge in [-0.2, -0.15) is 13.9 Å². The molecule has 2 aromatic carbocycles. The van der Waals surface area contributed by atoms with Crippen molar-refractivity contribution >= 4 is 28.9 Å². The van der Waals surface area contributed by atoms with Crippen LogP contribution in [0.1, 0.15) is 10.5 Å². The molecule has 0 bridgehead atoms. The Bertz CT molecular complexity index is 948. The summed E-state index contributed by atoms with van der Waals surface area (Å²) >= 11 is 5.07. The quantitative estimate of drug-likeness (QED) is 0.386. The van der Waals surface area contributed by atoms with Gasteiger partial charge in [-0.3, -0.25) is 20.7 Å². The third kappa shape index (κ3) is 5.24. The molecule has 0 saturated carbocycles. The molecule has 10 heteroatoms. The van der Waals surface area contributed by atoms with Gasteiger partial charge in [-0.1, -0.05) is 30.3 Å². The van der Waals surface area contributed by atoms with Gasteiger partial charge >= 0.3 is 6.61 Å². The summed E-state index contributed by atoms with van der Waals surface area (Å²) < 4.78 is 28.5. The first-order valence-corrected chi connectivity index (χ1v) is 8.45. The fraction of sp³-hybridized carbons (Fsp3) is 0.0556. The van der Waals surface area contributed by atoms with E-state index in [1.807, 2.05) is 30.3 Å². The van der Waals surface area contributed by atoms with Crippen LogP contribution in [0.5, 0.6) is 5.75 Å². The highest BCUT2D eigenvalue weighted by atomic mass is 32.1. The smallest absolute Gasteiger partial charge is 0.387 e. The molecule has 1 heterocycles. The number of halogens is 2. The number of carbonyl (C=O) groups excluding carboxylic acids is 1. The zero-order valence-electron chi connectivity index (χ0n) is 14.3. The lowest BCUT2D eigenvalue weighted by Crippen LogP contribution is -2.43. The van der Waals surface area contributed by atoms with E-state index in [4.69, 9.17) is 12.2 Å². The van der Waals surface area contributed by atoms with Crippen LogP contribution >= 0.6 is 12.2 Å². The van der Waals surface area contributed by atoms with Gasteiger partial charge in [0.1, 0.15) is 11.4 Å². The number of hydrogen-bond donors (Lipinski definition) is 4. The number of ether oxygens (including phenoxy) is 1. The van der Waals surface area contributed by atoms with E-state index >= 15 is 0 Å². The number of thiocarbonyl (C=S) groups is 1. The molecule has 0 aliphatic carbocycles. The summed E-state index contributed by atoms with van der Waals surface area (Å²) in [4.78, 5) is 12.2. The zero-order chi connectivity index (χ0) is 19.9. The predicted octanol–water partition coefficient (Wildman–Crippen LogP) is 3.31. The van der Waals surface area contributed by atoms with Crippen LogP contribution in [0, 0.1) is 0 Å². The molecular formula is C18H15F2N5O2S. The number of rotatable bonds is 5. The minimum Gasteiger partial charge on any atom is -0.435 e. The second kappa shape index (κ2) is 8.91. The van der Waals surface area contributed by atoms with Crippen molar-refractivity contribution in [2.45, 2.75) is 6.61 Å². The van der Waals surface area contributed by atoms with E-state index in [0.29, 0.717) is 11.4 Å². The van der Waals surface area contributed by atoms with Crippen LogP contribution < -0.4 is 20.9 Å². The number of nitrogens with zero attached hydrogens (tertiary/aromatic N) is 1. The molecule has 7 nitrogen and oxygen atoms in total. The number of carbonyl (C=O) groups is 1. The molecule has 0 radical (unpaired) electrons. The van der Waals surface area contributed by atoms with E-state index in [-0.39, 0.29) is 16.6 Å². The molecule has 3 aromatic rings.